The van der Waals surface area contributed by atoms with E-state index in [2.05, 4.69) is 29.0 Å². The second-order valence-corrected chi connectivity index (χ2v) is 6.65. The number of rotatable bonds is 8. The molecule has 1 atom stereocenters. The van der Waals surface area contributed by atoms with Gasteiger partial charge in [-0.2, -0.15) is 0 Å². The molecule has 2 aliphatic rings. The van der Waals surface area contributed by atoms with Gasteiger partial charge in [0, 0.05) is 44.8 Å². The van der Waals surface area contributed by atoms with Crippen molar-refractivity contribution in [2.75, 3.05) is 45.9 Å². The number of aliphatic hydroxyl groups excluding tert-OH is 1. The zero-order valence-electron chi connectivity index (χ0n) is 12.6. The van der Waals surface area contributed by atoms with Crippen LogP contribution in [0.3, 0.4) is 0 Å². The highest BCUT2D eigenvalue weighted by Gasteiger charge is 2.25. The molecular weight excluding hydrogens is 238 g/mol. The molecule has 0 spiro atoms. The van der Waals surface area contributed by atoms with Gasteiger partial charge >= 0.3 is 0 Å². The molecule has 1 aliphatic carbocycles. The van der Waals surface area contributed by atoms with Gasteiger partial charge in [0.05, 0.1) is 6.61 Å². The van der Waals surface area contributed by atoms with Crippen molar-refractivity contribution in [3.8, 4) is 0 Å². The molecule has 1 unspecified atom stereocenters. The first-order chi connectivity index (χ1) is 9.17. The van der Waals surface area contributed by atoms with Crippen LogP contribution in [0.5, 0.6) is 0 Å². The topological polar surface area (TPSA) is 38.7 Å². The minimum atomic E-state index is 0.282. The fourth-order valence-corrected chi connectivity index (χ4v) is 2.86. The molecule has 4 heteroatoms. The zero-order valence-corrected chi connectivity index (χ0v) is 12.6. The Morgan fingerprint density at radius 3 is 2.26 bits per heavy atom. The first-order valence-electron chi connectivity index (χ1n) is 7.99. The lowest BCUT2D eigenvalue weighted by atomic mass is 10.1. The number of nitrogens with zero attached hydrogens (tertiary/aromatic N) is 2. The smallest absolute Gasteiger partial charge is 0.0585 e. The van der Waals surface area contributed by atoms with Gasteiger partial charge < -0.3 is 20.2 Å². The molecule has 2 fully saturated rings. The van der Waals surface area contributed by atoms with Crippen LogP contribution in [-0.4, -0.2) is 72.9 Å². The van der Waals surface area contributed by atoms with Crippen molar-refractivity contribution in [3.63, 3.8) is 0 Å². The van der Waals surface area contributed by atoms with Gasteiger partial charge in [-0.3, -0.25) is 0 Å². The maximum atomic E-state index is 9.38. The second kappa shape index (κ2) is 7.58. The van der Waals surface area contributed by atoms with Gasteiger partial charge in [-0.1, -0.05) is 13.8 Å². The summed E-state index contributed by atoms with van der Waals surface area (Å²) >= 11 is 0. The molecule has 0 aromatic heterocycles. The van der Waals surface area contributed by atoms with E-state index in [4.69, 9.17) is 0 Å². The van der Waals surface area contributed by atoms with E-state index in [0.29, 0.717) is 12.1 Å². The standard InChI is InChI=1S/C15H31N3O/c1-13(2)11-18-9-7-17(8-10-18)6-5-15(12-19)16-14-3-4-14/h13-16,19H,3-12H2,1-2H3. The van der Waals surface area contributed by atoms with Crippen molar-refractivity contribution < 1.29 is 5.11 Å². The first-order valence-corrected chi connectivity index (χ1v) is 7.99. The SMILES string of the molecule is CC(C)CN1CCN(CCC(CO)NC2CC2)CC1. The summed E-state index contributed by atoms with van der Waals surface area (Å²) in [5.74, 6) is 0.771. The van der Waals surface area contributed by atoms with Crippen LogP contribution in [0.15, 0.2) is 0 Å². The summed E-state index contributed by atoms with van der Waals surface area (Å²) in [6.45, 7) is 12.0. The monoisotopic (exact) mass is 269 g/mol. The summed E-state index contributed by atoms with van der Waals surface area (Å²) in [5.41, 5.74) is 0. The van der Waals surface area contributed by atoms with E-state index in [9.17, 15) is 5.11 Å². The Hall–Kier alpha value is -0.160. The van der Waals surface area contributed by atoms with Crippen LogP contribution in [-0.2, 0) is 0 Å². The van der Waals surface area contributed by atoms with Gasteiger partial charge in [-0.25, -0.2) is 0 Å². The van der Waals surface area contributed by atoms with Crippen LogP contribution in [0.4, 0.5) is 0 Å². The van der Waals surface area contributed by atoms with E-state index < -0.39 is 0 Å². The average Bonchev–Trinajstić information content (AvgIpc) is 3.19. The van der Waals surface area contributed by atoms with Crippen molar-refractivity contribution >= 4 is 0 Å². The maximum Gasteiger partial charge on any atom is 0.0585 e. The molecule has 1 saturated carbocycles. The molecule has 0 aromatic carbocycles. The van der Waals surface area contributed by atoms with E-state index in [0.717, 1.165) is 18.9 Å². The molecule has 0 radical (unpaired) electrons. The highest BCUT2D eigenvalue weighted by molar-refractivity contribution is 4.85. The Morgan fingerprint density at radius 1 is 1.11 bits per heavy atom. The van der Waals surface area contributed by atoms with Crippen LogP contribution >= 0.6 is 0 Å². The van der Waals surface area contributed by atoms with Crippen molar-refractivity contribution in [1.82, 2.24) is 15.1 Å². The van der Waals surface area contributed by atoms with Crippen LogP contribution < -0.4 is 5.32 Å². The predicted octanol–water partition coefficient (Wildman–Crippen LogP) is 0.763. The highest BCUT2D eigenvalue weighted by Crippen LogP contribution is 2.20. The van der Waals surface area contributed by atoms with Gasteiger partial charge in [0.2, 0.25) is 0 Å². The largest absolute Gasteiger partial charge is 0.395 e. The third-order valence-corrected chi connectivity index (χ3v) is 4.15. The lowest BCUT2D eigenvalue weighted by Gasteiger charge is -2.36. The normalized spacial score (nSPS) is 24.0. The van der Waals surface area contributed by atoms with Gasteiger partial charge in [-0.15, -0.1) is 0 Å². The average molecular weight is 269 g/mol. The van der Waals surface area contributed by atoms with Gasteiger partial charge in [0.15, 0.2) is 0 Å². The van der Waals surface area contributed by atoms with Crippen molar-refractivity contribution in [3.05, 3.63) is 0 Å². The summed E-state index contributed by atoms with van der Waals surface area (Å²) in [4.78, 5) is 5.13. The Morgan fingerprint density at radius 2 is 1.74 bits per heavy atom. The molecule has 1 aliphatic heterocycles. The highest BCUT2D eigenvalue weighted by atomic mass is 16.3. The van der Waals surface area contributed by atoms with Gasteiger partial charge in [0.1, 0.15) is 0 Å². The maximum absolute atomic E-state index is 9.38. The molecule has 0 amide bonds. The van der Waals surface area contributed by atoms with Crippen LogP contribution in [0.25, 0.3) is 0 Å². The molecule has 0 bridgehead atoms. The molecule has 2 rings (SSSR count). The van der Waals surface area contributed by atoms with E-state index in [1.54, 1.807) is 0 Å². The minimum absolute atomic E-state index is 0.282. The lowest BCUT2D eigenvalue weighted by molar-refractivity contribution is 0.114. The number of nitrogens with one attached hydrogen (secondary N) is 1. The first kappa shape index (κ1) is 15.2. The second-order valence-electron chi connectivity index (χ2n) is 6.65. The summed E-state index contributed by atoms with van der Waals surface area (Å²) in [6, 6.07) is 1.00. The van der Waals surface area contributed by atoms with Crippen molar-refractivity contribution in [1.29, 1.82) is 0 Å². The fourth-order valence-electron chi connectivity index (χ4n) is 2.86. The number of piperazine rings is 1. The predicted molar refractivity (Wildman–Crippen MR) is 79.4 cm³/mol. The Balaban J connectivity index is 1.59. The number of hydrogen-bond acceptors (Lipinski definition) is 4. The molecular formula is C15H31N3O. The molecule has 2 N–H and O–H groups in total. The Kier molecular flexibility index (Phi) is 6.07. The van der Waals surface area contributed by atoms with Crippen molar-refractivity contribution in [2.45, 2.75) is 45.2 Å². The van der Waals surface area contributed by atoms with Crippen LogP contribution in [0.1, 0.15) is 33.1 Å². The molecule has 19 heavy (non-hydrogen) atoms. The minimum Gasteiger partial charge on any atom is -0.395 e. The number of hydrogen-bond donors (Lipinski definition) is 2. The summed E-state index contributed by atoms with van der Waals surface area (Å²) in [5, 5.41) is 12.9. The van der Waals surface area contributed by atoms with E-state index in [-0.39, 0.29) is 6.61 Å². The van der Waals surface area contributed by atoms with Crippen LogP contribution in [0.2, 0.25) is 0 Å². The van der Waals surface area contributed by atoms with E-state index >= 15 is 0 Å². The molecule has 112 valence electrons. The molecule has 0 aromatic rings. The summed E-state index contributed by atoms with van der Waals surface area (Å²) in [6.07, 6.45) is 3.67. The molecule has 1 saturated heterocycles. The lowest BCUT2D eigenvalue weighted by Crippen LogP contribution is -2.48. The summed E-state index contributed by atoms with van der Waals surface area (Å²) in [7, 11) is 0. The number of aliphatic hydroxyl groups is 1. The van der Waals surface area contributed by atoms with E-state index in [1.165, 1.54) is 45.6 Å². The third-order valence-electron chi connectivity index (χ3n) is 4.15. The fraction of sp³-hybridized carbons (Fsp3) is 1.00. The quantitative estimate of drug-likeness (QED) is 0.682. The zero-order chi connectivity index (χ0) is 13.7. The Bertz CT molecular complexity index is 248. The van der Waals surface area contributed by atoms with Crippen molar-refractivity contribution in [2.24, 2.45) is 5.92 Å². The van der Waals surface area contributed by atoms with Gasteiger partial charge in [0.25, 0.3) is 0 Å². The van der Waals surface area contributed by atoms with Gasteiger partial charge in [-0.05, 0) is 31.7 Å². The van der Waals surface area contributed by atoms with E-state index in [1.807, 2.05) is 0 Å². The van der Waals surface area contributed by atoms with Crippen LogP contribution in [0, 0.1) is 5.92 Å². The molecule has 1 heterocycles. The summed E-state index contributed by atoms with van der Waals surface area (Å²) < 4.78 is 0. The molecule has 4 nitrogen and oxygen atoms in total. The Labute approximate surface area is 118 Å². The third kappa shape index (κ3) is 5.78.